The Balaban J connectivity index is 1.56. The van der Waals surface area contributed by atoms with Gasteiger partial charge in [-0.1, -0.05) is 89.6 Å². The number of aryl methyl sites for hydroxylation is 1. The molecule has 9 nitrogen and oxygen atoms in total. The summed E-state index contributed by atoms with van der Waals surface area (Å²) in [6.07, 6.45) is -0.0518. The number of methoxy groups -OCH3 is 1. The Kier molecular flexibility index (Phi) is 13.7. The lowest BCUT2D eigenvalue weighted by molar-refractivity contribution is -0.0504. The standard InChI is InChI=1S/C41H60N2O7SSi/c1-29(2)52(30(3)4,31(5)6)50-40-26-43(51(45,46)36-17-10-32(7)11-18-36)25-39(41(40)35-15-12-33(27-44)13-16-35)49-28-34-14-19-38-37(24-34)42(21-23-48-38)20-9-22-47-8/h10-19,24,29-31,39-41,44H,9,20-23,25-28H2,1-8H3/t39-,40+,41+/m0/s1. The first-order valence-electron chi connectivity index (χ1n) is 18.9. The Hall–Kier alpha value is -2.77. The van der Waals surface area contributed by atoms with Gasteiger partial charge in [0.2, 0.25) is 18.3 Å². The van der Waals surface area contributed by atoms with Gasteiger partial charge in [-0.05, 0) is 70.9 Å². The van der Waals surface area contributed by atoms with Crippen LogP contribution in [0.5, 0.6) is 5.75 Å². The number of fused-ring (bicyclic) bond motifs is 1. The molecule has 0 bridgehead atoms. The molecule has 2 heterocycles. The maximum absolute atomic E-state index is 14.4. The summed E-state index contributed by atoms with van der Waals surface area (Å²) in [6.45, 7) is 19.1. The van der Waals surface area contributed by atoms with Gasteiger partial charge in [0.15, 0.2) is 0 Å². The fraction of sp³-hybridized carbons (Fsp3) is 0.561. The average Bonchev–Trinajstić information content (AvgIpc) is 3.12. The smallest absolute Gasteiger partial charge is 0.243 e. The van der Waals surface area contributed by atoms with Gasteiger partial charge in [-0.25, -0.2) is 8.42 Å². The van der Waals surface area contributed by atoms with Crippen molar-refractivity contribution in [2.45, 2.75) is 108 Å². The molecular formula is C41H60N2O7SSi. The molecule has 52 heavy (non-hydrogen) atoms. The molecule has 1 saturated heterocycles. The van der Waals surface area contributed by atoms with Crippen LogP contribution in [-0.2, 0) is 37.1 Å². The molecular weight excluding hydrogens is 693 g/mol. The van der Waals surface area contributed by atoms with Crippen molar-refractivity contribution >= 4 is 24.0 Å². The summed E-state index contributed by atoms with van der Waals surface area (Å²) in [5.41, 5.74) is 5.77. The molecule has 0 aliphatic carbocycles. The van der Waals surface area contributed by atoms with Crippen molar-refractivity contribution in [1.82, 2.24) is 4.31 Å². The second-order valence-corrected chi connectivity index (χ2v) is 22.7. The zero-order valence-electron chi connectivity index (χ0n) is 32.4. The largest absolute Gasteiger partial charge is 0.490 e. The summed E-state index contributed by atoms with van der Waals surface area (Å²) < 4.78 is 56.2. The normalized spacial score (nSPS) is 20.1. The molecule has 0 unspecified atom stereocenters. The van der Waals surface area contributed by atoms with Crippen molar-refractivity contribution in [2.24, 2.45) is 0 Å². The van der Waals surface area contributed by atoms with Crippen LogP contribution in [0.25, 0.3) is 0 Å². The number of sulfonamides is 1. The van der Waals surface area contributed by atoms with Gasteiger partial charge < -0.3 is 28.6 Å². The van der Waals surface area contributed by atoms with Gasteiger partial charge in [0.25, 0.3) is 0 Å². The first-order chi connectivity index (χ1) is 24.8. The number of ether oxygens (including phenoxy) is 3. The molecule has 0 saturated carbocycles. The number of rotatable bonds is 16. The van der Waals surface area contributed by atoms with E-state index >= 15 is 0 Å². The van der Waals surface area contributed by atoms with E-state index in [9.17, 15) is 13.5 Å². The molecule has 0 aromatic heterocycles. The van der Waals surface area contributed by atoms with Crippen LogP contribution in [0, 0.1) is 6.92 Å². The van der Waals surface area contributed by atoms with Crippen LogP contribution in [-0.4, -0.2) is 84.9 Å². The Labute approximate surface area is 313 Å². The molecule has 3 aromatic carbocycles. The molecule has 5 rings (SSSR count). The highest BCUT2D eigenvalue weighted by molar-refractivity contribution is 7.89. The third-order valence-corrected chi connectivity index (χ3v) is 19.0. The number of aliphatic hydroxyl groups is 1. The van der Waals surface area contributed by atoms with Crippen LogP contribution in [0.1, 0.15) is 76.1 Å². The monoisotopic (exact) mass is 752 g/mol. The van der Waals surface area contributed by atoms with E-state index in [-0.39, 0.29) is 30.5 Å². The summed E-state index contributed by atoms with van der Waals surface area (Å²) in [6, 6.07) is 21.2. The van der Waals surface area contributed by atoms with Crippen molar-refractivity contribution in [3.8, 4) is 5.75 Å². The third kappa shape index (κ3) is 8.78. The minimum Gasteiger partial charge on any atom is -0.490 e. The highest BCUT2D eigenvalue weighted by Gasteiger charge is 2.51. The summed E-state index contributed by atoms with van der Waals surface area (Å²) in [5, 5.41) is 9.87. The van der Waals surface area contributed by atoms with Gasteiger partial charge in [-0.2, -0.15) is 4.31 Å². The Morgan fingerprint density at radius 1 is 0.885 bits per heavy atom. The lowest BCUT2D eigenvalue weighted by atomic mass is 9.85. The quantitative estimate of drug-likeness (QED) is 0.118. The predicted molar refractivity (Wildman–Crippen MR) is 210 cm³/mol. The predicted octanol–water partition coefficient (Wildman–Crippen LogP) is 7.66. The molecule has 0 radical (unpaired) electrons. The van der Waals surface area contributed by atoms with Gasteiger partial charge in [-0.3, -0.25) is 0 Å². The van der Waals surface area contributed by atoms with Crippen molar-refractivity contribution in [3.05, 3.63) is 89.0 Å². The van der Waals surface area contributed by atoms with Crippen LogP contribution in [0.4, 0.5) is 5.69 Å². The van der Waals surface area contributed by atoms with Crippen molar-refractivity contribution in [3.63, 3.8) is 0 Å². The summed E-state index contributed by atoms with van der Waals surface area (Å²) in [5.74, 6) is 0.611. The Morgan fingerprint density at radius 2 is 1.52 bits per heavy atom. The fourth-order valence-electron chi connectivity index (χ4n) is 8.45. The SMILES string of the molecule is COCCCN1CCOc2ccc(CO[C@H]3CN(S(=O)(=O)c4ccc(C)cc4)C[C@@H](O[Si](C(C)C)(C(C)C)C(C)C)[C@@H]3c3ccc(CO)cc3)cc21. The third-order valence-electron chi connectivity index (χ3n) is 11.1. The van der Waals surface area contributed by atoms with E-state index in [1.54, 1.807) is 23.5 Å². The second kappa shape index (κ2) is 17.6. The van der Waals surface area contributed by atoms with Gasteiger partial charge in [-0.15, -0.1) is 0 Å². The second-order valence-electron chi connectivity index (χ2n) is 15.4. The topological polar surface area (TPSA) is 97.8 Å². The molecule has 3 atom stereocenters. The van der Waals surface area contributed by atoms with E-state index < -0.39 is 30.5 Å². The lowest BCUT2D eigenvalue weighted by Crippen LogP contribution is -2.59. The van der Waals surface area contributed by atoms with Gasteiger partial charge in [0, 0.05) is 39.3 Å². The van der Waals surface area contributed by atoms with E-state index in [0.717, 1.165) is 53.2 Å². The highest BCUT2D eigenvalue weighted by atomic mass is 32.2. The van der Waals surface area contributed by atoms with Crippen molar-refractivity contribution in [1.29, 1.82) is 0 Å². The number of nitrogens with zero attached hydrogens (tertiary/aromatic N) is 2. The Morgan fingerprint density at radius 3 is 2.13 bits per heavy atom. The first kappa shape index (κ1) is 40.4. The molecule has 1 fully saturated rings. The van der Waals surface area contributed by atoms with Gasteiger partial charge >= 0.3 is 0 Å². The van der Waals surface area contributed by atoms with E-state index in [1.165, 1.54) is 0 Å². The fourth-order valence-corrected chi connectivity index (χ4v) is 15.5. The maximum Gasteiger partial charge on any atom is 0.243 e. The molecule has 3 aromatic rings. The van der Waals surface area contributed by atoms with Crippen LogP contribution >= 0.6 is 0 Å². The molecule has 2 aliphatic rings. The molecule has 2 aliphatic heterocycles. The van der Waals surface area contributed by atoms with Crippen LogP contribution in [0.3, 0.4) is 0 Å². The van der Waals surface area contributed by atoms with Crippen LogP contribution < -0.4 is 9.64 Å². The minimum absolute atomic E-state index is 0.0536. The molecule has 0 spiro atoms. The lowest BCUT2D eigenvalue weighted by Gasteiger charge is -2.50. The van der Waals surface area contributed by atoms with Gasteiger partial charge in [0.1, 0.15) is 12.4 Å². The number of aliphatic hydroxyl groups excluding tert-OH is 1. The maximum atomic E-state index is 14.4. The highest BCUT2D eigenvalue weighted by Crippen LogP contribution is 2.46. The molecule has 0 amide bonds. The summed E-state index contributed by atoms with van der Waals surface area (Å²) in [7, 11) is -4.63. The van der Waals surface area contributed by atoms with Crippen molar-refractivity contribution < 1.29 is 32.2 Å². The van der Waals surface area contributed by atoms with Crippen LogP contribution in [0.15, 0.2) is 71.6 Å². The number of benzene rings is 3. The molecule has 286 valence electrons. The zero-order valence-corrected chi connectivity index (χ0v) is 34.2. The van der Waals surface area contributed by atoms with E-state index in [1.807, 2.05) is 55.5 Å². The average molecular weight is 753 g/mol. The Bertz CT molecular complexity index is 1680. The van der Waals surface area contributed by atoms with Gasteiger partial charge in [0.05, 0.1) is 42.5 Å². The molecule has 1 N–H and O–H groups in total. The number of anilines is 1. The first-order valence-corrected chi connectivity index (χ1v) is 22.4. The molecule has 11 heteroatoms. The summed E-state index contributed by atoms with van der Waals surface area (Å²) in [4.78, 5) is 2.60. The number of hydrogen-bond donors (Lipinski definition) is 1. The summed E-state index contributed by atoms with van der Waals surface area (Å²) >= 11 is 0. The zero-order chi connectivity index (χ0) is 37.6. The van der Waals surface area contributed by atoms with Crippen molar-refractivity contribution in [2.75, 3.05) is 51.4 Å². The van der Waals surface area contributed by atoms with E-state index in [2.05, 4.69) is 52.5 Å². The number of hydrogen-bond acceptors (Lipinski definition) is 8. The van der Waals surface area contributed by atoms with Crippen LogP contribution in [0.2, 0.25) is 16.6 Å². The number of piperidine rings is 1. The van der Waals surface area contributed by atoms with E-state index in [4.69, 9.17) is 18.6 Å². The minimum atomic E-state index is -3.87. The van der Waals surface area contributed by atoms with E-state index in [0.29, 0.717) is 36.4 Å².